The molecule has 0 saturated carbocycles. The third-order valence-electron chi connectivity index (χ3n) is 1.91. The molecule has 0 bridgehead atoms. The van der Waals surface area contributed by atoms with Crippen LogP contribution >= 0.6 is 0 Å². The van der Waals surface area contributed by atoms with Gasteiger partial charge in [0.1, 0.15) is 0 Å². The molecule has 0 aliphatic rings. The van der Waals surface area contributed by atoms with Gasteiger partial charge in [-0.15, -0.1) is 0 Å². The minimum Gasteiger partial charge on any atom is -0.465 e. The molecule has 0 aromatic heterocycles. The largest absolute Gasteiger partial charge is 0.465 e. The number of hydrogen-bond acceptors (Lipinski definition) is 1. The molecule has 0 aromatic carbocycles. The fraction of sp³-hybridized carbons (Fsp3) is 0.875. The fourth-order valence-electron chi connectivity index (χ4n) is 1.02. The highest BCUT2D eigenvalue weighted by molar-refractivity contribution is 5.65. The smallest absolute Gasteiger partial charge is 0.425 e. The Bertz CT molecular complexity index is 278. The first-order valence-corrected chi connectivity index (χ1v) is 4.47. The third-order valence-corrected chi connectivity index (χ3v) is 1.91. The first kappa shape index (κ1) is 15.9. The van der Waals surface area contributed by atoms with E-state index in [2.05, 4.69) is 0 Å². The third kappa shape index (κ3) is 4.31. The first-order chi connectivity index (χ1) is 7.39. The Labute approximate surface area is 93.0 Å². The zero-order chi connectivity index (χ0) is 14.0. The summed E-state index contributed by atoms with van der Waals surface area (Å²) in [7, 11) is 0. The van der Waals surface area contributed by atoms with E-state index < -0.39 is 37.0 Å². The van der Waals surface area contributed by atoms with Crippen LogP contribution in [-0.2, 0) is 0 Å². The molecule has 1 atom stereocenters. The van der Waals surface area contributed by atoms with Crippen molar-refractivity contribution in [2.45, 2.75) is 38.2 Å². The molecule has 0 radical (unpaired) electrons. The van der Waals surface area contributed by atoms with E-state index in [1.54, 1.807) is 0 Å². The molecule has 0 heterocycles. The van der Waals surface area contributed by atoms with Gasteiger partial charge in [0.2, 0.25) is 0 Å². The van der Waals surface area contributed by atoms with Gasteiger partial charge < -0.3 is 5.11 Å². The van der Waals surface area contributed by atoms with E-state index in [1.807, 2.05) is 0 Å². The zero-order valence-corrected chi connectivity index (χ0v) is 8.93. The highest BCUT2D eigenvalue weighted by atomic mass is 19.4. The average Bonchev–Trinajstić information content (AvgIpc) is 2.10. The molecule has 9 heteroatoms. The van der Waals surface area contributed by atoms with Crippen LogP contribution in [0, 0.1) is 0 Å². The zero-order valence-electron chi connectivity index (χ0n) is 8.93. The summed E-state index contributed by atoms with van der Waals surface area (Å²) in [5, 5.41) is 8.48. The molecule has 1 amide bonds. The number of nitrogens with zero attached hydrogens (tertiary/aromatic N) is 1. The number of alkyl halides is 6. The molecule has 102 valence electrons. The van der Waals surface area contributed by atoms with E-state index in [4.69, 9.17) is 5.11 Å². The van der Waals surface area contributed by atoms with Crippen molar-refractivity contribution in [3.63, 3.8) is 0 Å². The number of carboxylic acid groups (broad SMARTS) is 1. The lowest BCUT2D eigenvalue weighted by Crippen LogP contribution is -2.52. The van der Waals surface area contributed by atoms with Crippen molar-refractivity contribution in [3.8, 4) is 0 Å². The van der Waals surface area contributed by atoms with Gasteiger partial charge in [-0.3, -0.25) is 4.90 Å². The lowest BCUT2D eigenvalue weighted by Gasteiger charge is -2.30. The van der Waals surface area contributed by atoms with E-state index >= 15 is 0 Å². The van der Waals surface area contributed by atoms with Crippen molar-refractivity contribution >= 4 is 6.09 Å². The summed E-state index contributed by atoms with van der Waals surface area (Å²) in [6, 6.07) is -0.987. The van der Waals surface area contributed by atoms with E-state index in [-0.39, 0.29) is 4.90 Å². The van der Waals surface area contributed by atoms with E-state index in [1.165, 1.54) is 13.8 Å². The number of hydrogen-bond donors (Lipinski definition) is 1. The second kappa shape index (κ2) is 5.01. The first-order valence-electron chi connectivity index (χ1n) is 4.47. The van der Waals surface area contributed by atoms with Gasteiger partial charge in [0.05, 0.1) is 6.54 Å². The SMILES string of the molecule is CC(C)N(CC(F)(F)C(F)C(F)(F)F)C(=O)O. The molecule has 17 heavy (non-hydrogen) atoms. The van der Waals surface area contributed by atoms with Gasteiger partial charge in [-0.2, -0.15) is 13.2 Å². The minimum absolute atomic E-state index is 0.0400. The summed E-state index contributed by atoms with van der Waals surface area (Å²) < 4.78 is 73.6. The van der Waals surface area contributed by atoms with Crippen LogP contribution in [0.1, 0.15) is 13.8 Å². The molecule has 0 fully saturated rings. The number of halogens is 6. The summed E-state index contributed by atoms with van der Waals surface area (Å²) >= 11 is 0. The van der Waals surface area contributed by atoms with E-state index in [0.29, 0.717) is 0 Å². The molecular formula is C8H11F6NO2. The van der Waals surface area contributed by atoms with Gasteiger partial charge in [-0.05, 0) is 13.8 Å². The number of amides is 1. The van der Waals surface area contributed by atoms with E-state index in [0.717, 1.165) is 0 Å². The maximum Gasteiger partial charge on any atom is 0.425 e. The quantitative estimate of drug-likeness (QED) is 0.795. The average molecular weight is 267 g/mol. The van der Waals surface area contributed by atoms with Crippen molar-refractivity contribution < 1.29 is 36.2 Å². The molecule has 0 aliphatic carbocycles. The Hall–Kier alpha value is -1.15. The topological polar surface area (TPSA) is 40.5 Å². The fourth-order valence-corrected chi connectivity index (χ4v) is 1.02. The van der Waals surface area contributed by atoms with Crippen LogP contribution in [0.2, 0.25) is 0 Å². The molecule has 1 N–H and O–H groups in total. The standard InChI is InChI=1S/C8H11F6NO2/c1-4(2)15(6(16)17)3-7(10,11)5(9)8(12,13)14/h4-5H,3H2,1-2H3,(H,16,17). The van der Waals surface area contributed by atoms with E-state index in [9.17, 15) is 31.1 Å². The Balaban J connectivity index is 4.90. The highest BCUT2D eigenvalue weighted by Gasteiger charge is 2.57. The molecule has 1 unspecified atom stereocenters. The van der Waals surface area contributed by atoms with Crippen molar-refractivity contribution in [1.29, 1.82) is 0 Å². The predicted molar refractivity (Wildman–Crippen MR) is 45.8 cm³/mol. The monoisotopic (exact) mass is 267 g/mol. The van der Waals surface area contributed by atoms with Crippen LogP contribution in [0.4, 0.5) is 31.1 Å². The van der Waals surface area contributed by atoms with Crippen LogP contribution in [0.15, 0.2) is 0 Å². The van der Waals surface area contributed by atoms with Gasteiger partial charge in [0.15, 0.2) is 0 Å². The lowest BCUT2D eigenvalue weighted by molar-refractivity contribution is -0.247. The molecule has 0 spiro atoms. The number of carbonyl (C=O) groups is 1. The molecule has 0 aliphatic heterocycles. The molecule has 0 aromatic rings. The predicted octanol–water partition coefficient (Wildman–Crippen LogP) is 2.91. The van der Waals surface area contributed by atoms with Crippen LogP contribution in [0.5, 0.6) is 0 Å². The van der Waals surface area contributed by atoms with Crippen LogP contribution in [0.25, 0.3) is 0 Å². The Morgan fingerprint density at radius 2 is 1.65 bits per heavy atom. The summed E-state index contributed by atoms with van der Waals surface area (Å²) in [6.07, 6.45) is -12.0. The van der Waals surface area contributed by atoms with Gasteiger partial charge in [0.25, 0.3) is 6.17 Å². The lowest BCUT2D eigenvalue weighted by atomic mass is 10.1. The molecule has 0 rings (SSSR count). The van der Waals surface area contributed by atoms with Crippen LogP contribution in [0.3, 0.4) is 0 Å². The van der Waals surface area contributed by atoms with Gasteiger partial charge in [-0.1, -0.05) is 0 Å². The second-order valence-corrected chi connectivity index (χ2v) is 3.67. The summed E-state index contributed by atoms with van der Waals surface area (Å²) in [4.78, 5) is 10.5. The Morgan fingerprint density at radius 3 is 1.88 bits per heavy atom. The summed E-state index contributed by atoms with van der Waals surface area (Å²) in [5.41, 5.74) is 0. The summed E-state index contributed by atoms with van der Waals surface area (Å²) in [5.74, 6) is -4.82. The van der Waals surface area contributed by atoms with Gasteiger partial charge >= 0.3 is 18.2 Å². The number of rotatable bonds is 4. The van der Waals surface area contributed by atoms with Crippen molar-refractivity contribution in [1.82, 2.24) is 4.90 Å². The maximum absolute atomic E-state index is 12.9. The van der Waals surface area contributed by atoms with Gasteiger partial charge in [0, 0.05) is 6.04 Å². The Kier molecular flexibility index (Phi) is 4.67. The highest BCUT2D eigenvalue weighted by Crippen LogP contribution is 2.35. The van der Waals surface area contributed by atoms with Crippen molar-refractivity contribution in [2.24, 2.45) is 0 Å². The van der Waals surface area contributed by atoms with Crippen molar-refractivity contribution in [3.05, 3.63) is 0 Å². The van der Waals surface area contributed by atoms with Gasteiger partial charge in [-0.25, -0.2) is 18.0 Å². The molecule has 0 saturated heterocycles. The summed E-state index contributed by atoms with van der Waals surface area (Å²) in [6.45, 7) is 0.525. The Morgan fingerprint density at radius 1 is 1.24 bits per heavy atom. The van der Waals surface area contributed by atoms with Crippen LogP contribution in [-0.4, -0.2) is 47.0 Å². The minimum atomic E-state index is -5.73. The maximum atomic E-state index is 12.9. The normalized spacial score (nSPS) is 14.9. The second-order valence-electron chi connectivity index (χ2n) is 3.67. The van der Waals surface area contributed by atoms with Crippen molar-refractivity contribution in [2.75, 3.05) is 6.54 Å². The molecular weight excluding hydrogens is 256 g/mol. The van der Waals surface area contributed by atoms with Crippen LogP contribution < -0.4 is 0 Å². The molecule has 3 nitrogen and oxygen atoms in total.